The normalized spacial score (nSPS) is 16.5. The minimum absolute atomic E-state index is 0.0146. The molecule has 0 spiro atoms. The molecule has 4 rings (SSSR count). The lowest BCUT2D eigenvalue weighted by molar-refractivity contribution is 0.235. The van der Waals surface area contributed by atoms with Gasteiger partial charge in [-0.05, 0) is 34.6 Å². The molecule has 29 heavy (non-hydrogen) atoms. The van der Waals surface area contributed by atoms with Crippen LogP contribution in [-0.2, 0) is 10.8 Å². The Labute approximate surface area is 175 Å². The largest absolute Gasteiger partial charge is 0.463 e. The monoisotopic (exact) mass is 385 g/mol. The van der Waals surface area contributed by atoms with Gasteiger partial charge in [-0.3, -0.25) is 4.90 Å². The Morgan fingerprint density at radius 3 is 1.86 bits per heavy atom. The van der Waals surface area contributed by atoms with Crippen LogP contribution in [0.5, 0.6) is 5.75 Å². The maximum Gasteiger partial charge on any atom is 0.203 e. The summed E-state index contributed by atoms with van der Waals surface area (Å²) < 4.78 is 6.71. The van der Waals surface area contributed by atoms with Crippen LogP contribution in [0, 0.1) is 0 Å². The van der Waals surface area contributed by atoms with Crippen LogP contribution < -0.4 is 9.64 Å². The first-order chi connectivity index (χ1) is 13.7. The van der Waals surface area contributed by atoms with E-state index in [1.54, 1.807) is 0 Å². The van der Waals surface area contributed by atoms with Gasteiger partial charge in [-0.2, -0.15) is 0 Å². The van der Waals surface area contributed by atoms with E-state index in [1.807, 2.05) is 0 Å². The third kappa shape index (κ3) is 3.64. The van der Waals surface area contributed by atoms with E-state index in [2.05, 4.69) is 119 Å². The lowest BCUT2D eigenvalue weighted by Gasteiger charge is -2.28. The molecule has 0 bridgehead atoms. The van der Waals surface area contributed by atoms with Gasteiger partial charge in [0.05, 0.1) is 5.69 Å². The van der Waals surface area contributed by atoms with Crippen molar-refractivity contribution in [2.45, 2.75) is 58.6 Å². The van der Waals surface area contributed by atoms with Crippen molar-refractivity contribution in [3.63, 3.8) is 0 Å². The zero-order valence-electron chi connectivity index (χ0n) is 18.4. The number of nitrogens with zero attached hydrogens (tertiary/aromatic N) is 1. The fourth-order valence-corrected chi connectivity index (χ4v) is 3.89. The molecule has 0 aliphatic carbocycles. The molecule has 1 atom stereocenters. The summed E-state index contributed by atoms with van der Waals surface area (Å²) in [7, 11) is 0. The van der Waals surface area contributed by atoms with Crippen LogP contribution in [0.25, 0.3) is 0 Å². The molecule has 1 aliphatic rings. The Morgan fingerprint density at radius 2 is 1.31 bits per heavy atom. The third-order valence-corrected chi connectivity index (χ3v) is 5.59. The van der Waals surface area contributed by atoms with E-state index in [-0.39, 0.29) is 17.1 Å². The summed E-state index contributed by atoms with van der Waals surface area (Å²) in [6, 6.07) is 25.7. The summed E-state index contributed by atoms with van der Waals surface area (Å²) in [4.78, 5) is 2.34. The average molecular weight is 386 g/mol. The minimum atomic E-state index is -0.176. The summed E-state index contributed by atoms with van der Waals surface area (Å²) in [5.41, 5.74) is 6.10. The maximum atomic E-state index is 6.71. The highest BCUT2D eigenvalue weighted by molar-refractivity contribution is 5.76. The first-order valence-corrected chi connectivity index (χ1v) is 10.4. The highest BCUT2D eigenvalue weighted by Gasteiger charge is 2.38. The number of hydrogen-bond acceptors (Lipinski definition) is 2. The van der Waals surface area contributed by atoms with Gasteiger partial charge in [0, 0.05) is 16.8 Å². The molecule has 0 N–H and O–H groups in total. The zero-order valence-corrected chi connectivity index (χ0v) is 18.4. The minimum Gasteiger partial charge on any atom is -0.463 e. The van der Waals surface area contributed by atoms with Gasteiger partial charge in [0.15, 0.2) is 0 Å². The van der Waals surface area contributed by atoms with E-state index in [1.165, 1.54) is 11.1 Å². The van der Waals surface area contributed by atoms with Gasteiger partial charge < -0.3 is 4.74 Å². The summed E-state index contributed by atoms with van der Waals surface area (Å²) in [5.74, 6) is 1.00. The molecule has 3 aromatic rings. The SMILES string of the molecule is CC(C)(C)c1cc2c(c(C(C)(C)C)c1)OC(c1ccccc1)N2c1ccccc1. The van der Waals surface area contributed by atoms with Crippen molar-refractivity contribution >= 4 is 11.4 Å². The first kappa shape index (κ1) is 19.6. The predicted octanol–water partition coefficient (Wildman–Crippen LogP) is 7.51. The lowest BCUT2D eigenvalue weighted by atomic mass is 9.79. The molecule has 0 fully saturated rings. The molecule has 3 aromatic carbocycles. The maximum absolute atomic E-state index is 6.71. The van der Waals surface area contributed by atoms with Crippen molar-refractivity contribution in [3.05, 3.63) is 89.5 Å². The Morgan fingerprint density at radius 1 is 0.724 bits per heavy atom. The Hall–Kier alpha value is -2.74. The third-order valence-electron chi connectivity index (χ3n) is 5.59. The fraction of sp³-hybridized carbons (Fsp3) is 0.333. The molecule has 0 saturated carbocycles. The van der Waals surface area contributed by atoms with Gasteiger partial charge in [-0.25, -0.2) is 0 Å². The molecular formula is C27H31NO. The van der Waals surface area contributed by atoms with E-state index >= 15 is 0 Å². The molecule has 0 saturated heterocycles. The van der Waals surface area contributed by atoms with Gasteiger partial charge in [-0.1, -0.05) is 96.1 Å². The van der Waals surface area contributed by atoms with Crippen molar-refractivity contribution in [1.29, 1.82) is 0 Å². The van der Waals surface area contributed by atoms with Gasteiger partial charge in [0.25, 0.3) is 0 Å². The Bertz CT molecular complexity index is 994. The van der Waals surface area contributed by atoms with Crippen LogP contribution in [0.1, 0.15) is 64.5 Å². The number of hydrogen-bond donors (Lipinski definition) is 0. The van der Waals surface area contributed by atoms with Crippen molar-refractivity contribution < 1.29 is 4.74 Å². The van der Waals surface area contributed by atoms with Gasteiger partial charge in [-0.15, -0.1) is 0 Å². The van der Waals surface area contributed by atoms with E-state index in [9.17, 15) is 0 Å². The van der Waals surface area contributed by atoms with E-state index in [0.29, 0.717) is 0 Å². The van der Waals surface area contributed by atoms with E-state index in [0.717, 1.165) is 22.7 Å². The molecule has 2 nitrogen and oxygen atoms in total. The lowest BCUT2D eigenvalue weighted by Crippen LogP contribution is -2.22. The molecule has 0 aromatic heterocycles. The molecule has 1 heterocycles. The van der Waals surface area contributed by atoms with Crippen LogP contribution in [0.2, 0.25) is 0 Å². The zero-order chi connectivity index (χ0) is 20.8. The van der Waals surface area contributed by atoms with Gasteiger partial charge in [0.1, 0.15) is 5.75 Å². The molecule has 1 aliphatic heterocycles. The van der Waals surface area contributed by atoms with Gasteiger partial charge >= 0.3 is 0 Å². The van der Waals surface area contributed by atoms with Crippen molar-refractivity contribution in [2.24, 2.45) is 0 Å². The van der Waals surface area contributed by atoms with Crippen LogP contribution in [0.4, 0.5) is 11.4 Å². The van der Waals surface area contributed by atoms with E-state index < -0.39 is 0 Å². The highest BCUT2D eigenvalue weighted by atomic mass is 16.5. The molecule has 2 heteroatoms. The fourth-order valence-electron chi connectivity index (χ4n) is 3.89. The molecular weight excluding hydrogens is 354 g/mol. The van der Waals surface area contributed by atoms with Crippen molar-refractivity contribution in [2.75, 3.05) is 4.90 Å². The number of ether oxygens (including phenoxy) is 1. The quantitative estimate of drug-likeness (QED) is 0.452. The number of fused-ring (bicyclic) bond motifs is 1. The van der Waals surface area contributed by atoms with Crippen molar-refractivity contribution in [3.8, 4) is 5.75 Å². The van der Waals surface area contributed by atoms with Crippen LogP contribution in [0.15, 0.2) is 72.8 Å². The summed E-state index contributed by atoms with van der Waals surface area (Å²) >= 11 is 0. The first-order valence-electron chi connectivity index (χ1n) is 10.4. The summed E-state index contributed by atoms with van der Waals surface area (Å²) in [6.45, 7) is 13.6. The van der Waals surface area contributed by atoms with Crippen LogP contribution >= 0.6 is 0 Å². The number of benzene rings is 3. The molecule has 0 amide bonds. The smallest absolute Gasteiger partial charge is 0.203 e. The topological polar surface area (TPSA) is 12.5 Å². The summed E-state index contributed by atoms with van der Waals surface area (Å²) in [6.07, 6.45) is -0.176. The van der Waals surface area contributed by atoms with Crippen molar-refractivity contribution in [1.82, 2.24) is 0 Å². The number of anilines is 2. The average Bonchev–Trinajstić information content (AvgIpc) is 3.06. The second-order valence-electron chi connectivity index (χ2n) is 9.96. The second kappa shape index (κ2) is 6.95. The Kier molecular flexibility index (Phi) is 4.69. The molecule has 1 unspecified atom stereocenters. The number of rotatable bonds is 2. The number of para-hydroxylation sites is 1. The van der Waals surface area contributed by atoms with Crippen LogP contribution in [-0.4, -0.2) is 0 Å². The Balaban J connectivity index is 1.98. The van der Waals surface area contributed by atoms with Gasteiger partial charge in [0.2, 0.25) is 6.23 Å². The molecule has 150 valence electrons. The standard InChI is InChI=1S/C27H31NO/c1-26(2,3)20-17-22(27(4,5)6)24-23(18-20)28(21-15-11-8-12-16-21)25(29-24)19-13-9-7-10-14-19/h7-18,25H,1-6H3. The highest BCUT2D eigenvalue weighted by Crippen LogP contribution is 2.53. The molecule has 0 radical (unpaired) electrons. The summed E-state index contributed by atoms with van der Waals surface area (Å²) in [5, 5.41) is 0. The second-order valence-corrected chi connectivity index (χ2v) is 9.96. The van der Waals surface area contributed by atoms with E-state index in [4.69, 9.17) is 4.74 Å². The van der Waals surface area contributed by atoms with Crippen LogP contribution in [0.3, 0.4) is 0 Å². The predicted molar refractivity (Wildman–Crippen MR) is 122 cm³/mol.